The van der Waals surface area contributed by atoms with Crippen LogP contribution in [-0.2, 0) is 29.2 Å². The summed E-state index contributed by atoms with van der Waals surface area (Å²) in [5.74, 6) is -2.52. The quantitative estimate of drug-likeness (QED) is 0.440. The highest BCUT2D eigenvalue weighted by Crippen LogP contribution is 2.54. The molecular weight excluding hydrogens is 290 g/mol. The van der Waals surface area contributed by atoms with Crippen LogP contribution in [-0.4, -0.2) is 38.5 Å². The number of fused-ring (bicyclic) bond motifs is 3. The van der Waals surface area contributed by atoms with Crippen LogP contribution in [0.15, 0.2) is 24.3 Å². The van der Waals surface area contributed by atoms with Gasteiger partial charge in [0.25, 0.3) is 0 Å². The number of carbonyl (C=O) groups is 3. The first-order chi connectivity index (χ1) is 10.5. The molecule has 3 atom stereocenters. The third-order valence-corrected chi connectivity index (χ3v) is 4.36. The first-order valence-electron chi connectivity index (χ1n) is 6.71. The molecule has 1 saturated heterocycles. The summed E-state index contributed by atoms with van der Waals surface area (Å²) in [5, 5.41) is 0. The molecule has 3 rings (SSSR count). The van der Waals surface area contributed by atoms with Crippen LogP contribution >= 0.6 is 0 Å². The number of benzene rings is 1. The van der Waals surface area contributed by atoms with Crippen LogP contribution in [0.25, 0.3) is 0 Å². The molecule has 2 heterocycles. The van der Waals surface area contributed by atoms with Crippen LogP contribution in [0.3, 0.4) is 0 Å². The van der Waals surface area contributed by atoms with E-state index in [1.807, 2.05) is 0 Å². The maximum Gasteiger partial charge on any atom is 0.417 e. The molecule has 7 nitrogen and oxygen atoms in total. The molecule has 2 aliphatic heterocycles. The smallest absolute Gasteiger partial charge is 0.417 e. The summed E-state index contributed by atoms with van der Waals surface area (Å²) in [5.41, 5.74) is 0.213. The lowest BCUT2D eigenvalue weighted by Crippen LogP contribution is -2.47. The number of amides is 1. The summed E-state index contributed by atoms with van der Waals surface area (Å²) < 4.78 is 14.8. The molecule has 1 amide bonds. The molecule has 0 radical (unpaired) electrons. The molecule has 0 unspecified atom stereocenters. The van der Waals surface area contributed by atoms with Crippen LogP contribution < -0.4 is 4.90 Å². The topological polar surface area (TPSA) is 82.1 Å². The lowest BCUT2D eigenvalue weighted by atomic mass is 9.73. The fourth-order valence-corrected chi connectivity index (χ4v) is 3.31. The molecule has 0 bridgehead atoms. The van der Waals surface area contributed by atoms with Gasteiger partial charge in [-0.1, -0.05) is 18.2 Å². The van der Waals surface area contributed by atoms with Crippen molar-refractivity contribution in [1.82, 2.24) is 0 Å². The largest absolute Gasteiger partial charge is 0.468 e. The Hall–Kier alpha value is -2.57. The number of anilines is 1. The van der Waals surface area contributed by atoms with E-state index in [9.17, 15) is 14.4 Å². The van der Waals surface area contributed by atoms with Crippen molar-refractivity contribution in [2.75, 3.05) is 19.1 Å². The van der Waals surface area contributed by atoms with Gasteiger partial charge in [-0.25, -0.2) is 9.69 Å². The van der Waals surface area contributed by atoms with Crippen molar-refractivity contribution in [2.45, 2.75) is 18.6 Å². The Balaban J connectivity index is 2.20. The van der Waals surface area contributed by atoms with Crippen LogP contribution in [0.2, 0.25) is 0 Å². The minimum atomic E-state index is -1.13. The van der Waals surface area contributed by atoms with Gasteiger partial charge in [-0.3, -0.25) is 9.59 Å². The Bertz CT molecular complexity index is 672. The lowest BCUT2D eigenvalue weighted by Gasteiger charge is -2.27. The van der Waals surface area contributed by atoms with E-state index >= 15 is 0 Å². The molecule has 1 aromatic carbocycles. The number of rotatable bonds is 1. The zero-order valence-electron chi connectivity index (χ0n) is 12.4. The Morgan fingerprint density at radius 3 is 2.55 bits per heavy atom. The first-order valence-corrected chi connectivity index (χ1v) is 6.71. The van der Waals surface area contributed by atoms with Gasteiger partial charge in [0.2, 0.25) is 0 Å². The molecule has 0 N–H and O–H groups in total. The molecule has 22 heavy (non-hydrogen) atoms. The maximum absolute atomic E-state index is 12.2. The fourth-order valence-electron chi connectivity index (χ4n) is 3.31. The zero-order valence-corrected chi connectivity index (χ0v) is 12.4. The van der Waals surface area contributed by atoms with E-state index in [0.717, 1.165) is 0 Å². The maximum atomic E-state index is 12.2. The van der Waals surface area contributed by atoms with Crippen molar-refractivity contribution in [3.63, 3.8) is 0 Å². The van der Waals surface area contributed by atoms with E-state index < -0.39 is 35.6 Å². The third kappa shape index (κ3) is 1.59. The highest BCUT2D eigenvalue weighted by molar-refractivity contribution is 6.03. The van der Waals surface area contributed by atoms with Gasteiger partial charge in [0, 0.05) is 0 Å². The Kier molecular flexibility index (Phi) is 3.09. The number of nitrogens with zero attached hydrogens (tertiary/aromatic N) is 1. The van der Waals surface area contributed by atoms with Crippen LogP contribution in [0.1, 0.15) is 12.5 Å². The van der Waals surface area contributed by atoms with Crippen molar-refractivity contribution < 1.29 is 28.6 Å². The highest BCUT2D eigenvalue weighted by Gasteiger charge is 2.66. The first kappa shape index (κ1) is 14.4. The van der Waals surface area contributed by atoms with Gasteiger partial charge in [0.05, 0.1) is 25.3 Å². The summed E-state index contributed by atoms with van der Waals surface area (Å²) in [6, 6.07) is 7.02. The average molecular weight is 305 g/mol. The Morgan fingerprint density at radius 2 is 1.91 bits per heavy atom. The number of hydrogen-bond donors (Lipinski definition) is 0. The molecule has 0 spiro atoms. The van der Waals surface area contributed by atoms with Gasteiger partial charge in [-0.05, 0) is 18.6 Å². The number of hydrogen-bond acceptors (Lipinski definition) is 6. The predicted molar refractivity (Wildman–Crippen MR) is 74.1 cm³/mol. The van der Waals surface area contributed by atoms with Gasteiger partial charge in [-0.15, -0.1) is 0 Å². The van der Waals surface area contributed by atoms with Crippen molar-refractivity contribution >= 4 is 23.7 Å². The van der Waals surface area contributed by atoms with Gasteiger partial charge in [-0.2, -0.15) is 0 Å². The number of carbonyl (C=O) groups excluding carboxylic acids is 3. The van der Waals surface area contributed by atoms with E-state index in [0.29, 0.717) is 11.3 Å². The van der Waals surface area contributed by atoms with Gasteiger partial charge in [0.1, 0.15) is 0 Å². The molecule has 0 saturated carbocycles. The fraction of sp³-hybridized carbons (Fsp3) is 0.400. The number of esters is 2. The molecule has 1 fully saturated rings. The van der Waals surface area contributed by atoms with Crippen molar-refractivity contribution in [3.8, 4) is 0 Å². The van der Waals surface area contributed by atoms with Gasteiger partial charge >= 0.3 is 18.0 Å². The molecule has 2 aliphatic rings. The molecule has 7 heteroatoms. The van der Waals surface area contributed by atoms with Crippen LogP contribution in [0.4, 0.5) is 10.5 Å². The summed E-state index contributed by atoms with van der Waals surface area (Å²) in [6.07, 6.45) is -1.59. The second-order valence-corrected chi connectivity index (χ2v) is 5.39. The third-order valence-electron chi connectivity index (χ3n) is 4.36. The summed E-state index contributed by atoms with van der Waals surface area (Å²) >= 11 is 0. The summed E-state index contributed by atoms with van der Waals surface area (Å²) in [4.78, 5) is 37.6. The Labute approximate surface area is 126 Å². The van der Waals surface area contributed by atoms with E-state index in [2.05, 4.69) is 0 Å². The van der Waals surface area contributed by atoms with E-state index in [-0.39, 0.29) is 0 Å². The minimum absolute atomic E-state index is 0.559. The van der Waals surface area contributed by atoms with Gasteiger partial charge < -0.3 is 14.2 Å². The molecule has 116 valence electrons. The molecule has 0 aromatic heterocycles. The monoisotopic (exact) mass is 305 g/mol. The zero-order chi connectivity index (χ0) is 16.1. The lowest BCUT2D eigenvalue weighted by molar-refractivity contribution is -0.155. The van der Waals surface area contributed by atoms with Crippen molar-refractivity contribution in [2.24, 2.45) is 5.92 Å². The normalized spacial score (nSPS) is 28.7. The molecule has 0 aliphatic carbocycles. The summed E-state index contributed by atoms with van der Waals surface area (Å²) in [6.45, 7) is 1.71. The highest BCUT2D eigenvalue weighted by atomic mass is 16.6. The number of para-hydroxylation sites is 1. The average Bonchev–Trinajstić information content (AvgIpc) is 2.92. The second kappa shape index (κ2) is 4.72. The van der Waals surface area contributed by atoms with Crippen LogP contribution in [0, 0.1) is 5.92 Å². The minimum Gasteiger partial charge on any atom is -0.468 e. The van der Waals surface area contributed by atoms with Crippen LogP contribution in [0.5, 0.6) is 0 Å². The SMILES string of the molecule is COC(=O)[C@H]1C(=O)O[C@H]2N(C(=O)OC)c3ccccc3[C@@]12C. The number of ether oxygens (including phenoxy) is 3. The molecule has 1 aromatic rings. The number of methoxy groups -OCH3 is 2. The van der Waals surface area contributed by atoms with E-state index in [4.69, 9.17) is 14.2 Å². The standard InChI is InChI=1S/C15H15NO6/c1-15-8-6-4-5-7-9(8)16(14(19)21-3)13(15)22-12(18)10(15)11(17)20-2/h4-7,10,13H,1-3H3/t10-,13+,15-/m0/s1. The Morgan fingerprint density at radius 1 is 1.23 bits per heavy atom. The predicted octanol–water partition coefficient (Wildman–Crippen LogP) is 1.20. The van der Waals surface area contributed by atoms with Crippen molar-refractivity contribution in [3.05, 3.63) is 29.8 Å². The summed E-state index contributed by atoms with van der Waals surface area (Å²) in [7, 11) is 2.46. The van der Waals surface area contributed by atoms with E-state index in [1.54, 1.807) is 31.2 Å². The van der Waals surface area contributed by atoms with Crippen molar-refractivity contribution in [1.29, 1.82) is 0 Å². The molecular formula is C15H15NO6. The second-order valence-electron chi connectivity index (χ2n) is 5.39. The van der Waals surface area contributed by atoms with E-state index in [1.165, 1.54) is 19.1 Å². The van der Waals surface area contributed by atoms with Gasteiger partial charge in [0.15, 0.2) is 12.1 Å².